The highest BCUT2D eigenvalue weighted by molar-refractivity contribution is 7.97. The second kappa shape index (κ2) is 5.17. The average Bonchev–Trinajstić information content (AvgIpc) is 3.19. The zero-order valence-corrected chi connectivity index (χ0v) is 11.3. The van der Waals surface area contributed by atoms with Crippen LogP contribution in [0.3, 0.4) is 0 Å². The predicted molar refractivity (Wildman–Crippen MR) is 76.4 cm³/mol. The Hall–Kier alpha value is -1.62. The van der Waals surface area contributed by atoms with Crippen molar-refractivity contribution in [1.29, 1.82) is 0 Å². The third-order valence-electron chi connectivity index (χ3n) is 3.30. The lowest BCUT2D eigenvalue weighted by atomic mass is 10.2. The number of thioether (sulfide) groups is 1. The maximum atomic E-state index is 11.8. The van der Waals surface area contributed by atoms with E-state index in [1.165, 1.54) is 5.56 Å². The molecule has 3 rings (SSSR count). The number of H-pyrrole nitrogens is 1. The molecule has 0 amide bonds. The van der Waals surface area contributed by atoms with Crippen molar-refractivity contribution in [3.63, 3.8) is 0 Å². The van der Waals surface area contributed by atoms with Crippen LogP contribution in [-0.4, -0.2) is 14.7 Å². The summed E-state index contributed by atoms with van der Waals surface area (Å²) >= 11 is 1.68. The summed E-state index contributed by atoms with van der Waals surface area (Å²) in [5.74, 6) is 1.85. The van der Waals surface area contributed by atoms with Crippen molar-refractivity contribution < 1.29 is 5.11 Å². The van der Waals surface area contributed by atoms with Gasteiger partial charge in [-0.05, 0) is 18.4 Å². The molecule has 5 heteroatoms. The van der Waals surface area contributed by atoms with Gasteiger partial charge in [-0.1, -0.05) is 30.3 Å². The largest absolute Gasteiger partial charge is 0.493 e. The van der Waals surface area contributed by atoms with Crippen molar-refractivity contribution in [3.05, 3.63) is 52.1 Å². The van der Waals surface area contributed by atoms with Gasteiger partial charge in [-0.15, -0.1) is 11.8 Å². The molecule has 1 fully saturated rings. The van der Waals surface area contributed by atoms with Gasteiger partial charge in [-0.2, -0.15) is 0 Å². The molecule has 2 aromatic rings. The van der Waals surface area contributed by atoms with Crippen molar-refractivity contribution in [2.24, 2.45) is 0 Å². The molecule has 0 radical (unpaired) electrons. The van der Waals surface area contributed by atoms with E-state index in [4.69, 9.17) is 0 Å². The minimum absolute atomic E-state index is 0.0489. The Labute approximate surface area is 115 Å². The van der Waals surface area contributed by atoms with Crippen LogP contribution in [0.25, 0.3) is 0 Å². The van der Waals surface area contributed by atoms with Crippen LogP contribution in [0.2, 0.25) is 0 Å². The SMILES string of the molecule is O=c1[nH]c(O)c(C2CC2)n1CSCc1ccccc1. The fraction of sp³-hybridized carbons (Fsp3) is 0.357. The lowest BCUT2D eigenvalue weighted by Gasteiger charge is -2.06. The second-order valence-electron chi connectivity index (χ2n) is 4.83. The Bertz CT molecular complexity index is 614. The Morgan fingerprint density at radius 1 is 1.32 bits per heavy atom. The summed E-state index contributed by atoms with van der Waals surface area (Å²) < 4.78 is 1.67. The van der Waals surface area contributed by atoms with E-state index in [1.807, 2.05) is 18.2 Å². The number of nitrogens with one attached hydrogen (secondary N) is 1. The number of aromatic amines is 1. The van der Waals surface area contributed by atoms with Crippen molar-refractivity contribution in [2.45, 2.75) is 30.4 Å². The van der Waals surface area contributed by atoms with Gasteiger partial charge in [-0.25, -0.2) is 4.79 Å². The Morgan fingerprint density at radius 2 is 2.05 bits per heavy atom. The molecule has 1 aromatic heterocycles. The van der Waals surface area contributed by atoms with Crippen LogP contribution in [-0.2, 0) is 11.6 Å². The molecule has 0 atom stereocenters. The Morgan fingerprint density at radius 3 is 2.74 bits per heavy atom. The summed E-state index contributed by atoms with van der Waals surface area (Å²) in [6.07, 6.45) is 2.13. The lowest BCUT2D eigenvalue weighted by molar-refractivity contribution is 0.447. The summed E-state index contributed by atoms with van der Waals surface area (Å²) in [6, 6.07) is 10.2. The second-order valence-corrected chi connectivity index (χ2v) is 5.78. The number of imidazole rings is 1. The number of benzene rings is 1. The highest BCUT2D eigenvalue weighted by Crippen LogP contribution is 2.43. The van der Waals surface area contributed by atoms with E-state index in [1.54, 1.807) is 16.3 Å². The maximum absolute atomic E-state index is 11.8. The molecule has 0 saturated heterocycles. The minimum Gasteiger partial charge on any atom is -0.493 e. The molecule has 19 heavy (non-hydrogen) atoms. The van der Waals surface area contributed by atoms with Gasteiger partial charge in [0.15, 0.2) is 0 Å². The number of rotatable bonds is 5. The van der Waals surface area contributed by atoms with Crippen molar-refractivity contribution in [3.8, 4) is 5.88 Å². The van der Waals surface area contributed by atoms with Gasteiger partial charge in [0, 0.05) is 11.7 Å². The van der Waals surface area contributed by atoms with Crippen LogP contribution in [0.15, 0.2) is 35.1 Å². The fourth-order valence-electron chi connectivity index (χ4n) is 2.20. The normalized spacial score (nSPS) is 14.7. The Kier molecular flexibility index (Phi) is 3.38. The molecule has 1 heterocycles. The molecule has 0 spiro atoms. The zero-order valence-electron chi connectivity index (χ0n) is 10.5. The molecule has 0 aliphatic heterocycles. The lowest BCUT2D eigenvalue weighted by Crippen LogP contribution is -2.17. The van der Waals surface area contributed by atoms with Crippen LogP contribution < -0.4 is 5.69 Å². The van der Waals surface area contributed by atoms with E-state index in [-0.39, 0.29) is 11.6 Å². The smallest absolute Gasteiger partial charge is 0.329 e. The van der Waals surface area contributed by atoms with E-state index in [0.717, 1.165) is 24.3 Å². The first-order chi connectivity index (χ1) is 9.25. The Balaban J connectivity index is 1.68. The van der Waals surface area contributed by atoms with E-state index >= 15 is 0 Å². The molecule has 0 unspecified atom stereocenters. The summed E-state index contributed by atoms with van der Waals surface area (Å²) in [7, 11) is 0. The van der Waals surface area contributed by atoms with Gasteiger partial charge in [0.25, 0.3) is 0 Å². The number of aromatic hydroxyl groups is 1. The zero-order chi connectivity index (χ0) is 13.2. The third kappa shape index (κ3) is 2.71. The van der Waals surface area contributed by atoms with Crippen LogP contribution in [0.4, 0.5) is 0 Å². The van der Waals surface area contributed by atoms with Crippen LogP contribution in [0.1, 0.15) is 30.0 Å². The van der Waals surface area contributed by atoms with E-state index in [9.17, 15) is 9.90 Å². The van der Waals surface area contributed by atoms with Gasteiger partial charge in [-0.3, -0.25) is 9.55 Å². The van der Waals surface area contributed by atoms with Gasteiger partial charge < -0.3 is 5.11 Å². The van der Waals surface area contributed by atoms with E-state index in [0.29, 0.717) is 11.8 Å². The molecule has 2 N–H and O–H groups in total. The van der Waals surface area contributed by atoms with Crippen molar-refractivity contribution >= 4 is 11.8 Å². The van der Waals surface area contributed by atoms with Gasteiger partial charge in [0.05, 0.1) is 11.6 Å². The number of nitrogens with zero attached hydrogens (tertiary/aromatic N) is 1. The summed E-state index contributed by atoms with van der Waals surface area (Å²) in [5.41, 5.74) is 1.82. The quantitative estimate of drug-likeness (QED) is 0.882. The summed E-state index contributed by atoms with van der Waals surface area (Å²) in [4.78, 5) is 14.3. The molecule has 1 aliphatic rings. The molecule has 1 saturated carbocycles. The standard InChI is InChI=1S/C14H16N2O2S/c17-13-12(11-6-7-11)16(14(18)15-13)9-19-8-10-4-2-1-3-5-10/h1-5,11,17H,6-9H2,(H,15,18). The molecule has 1 aromatic carbocycles. The van der Waals surface area contributed by atoms with E-state index < -0.39 is 0 Å². The fourth-order valence-corrected chi connectivity index (χ4v) is 3.16. The van der Waals surface area contributed by atoms with Gasteiger partial charge >= 0.3 is 5.69 Å². The van der Waals surface area contributed by atoms with Crippen LogP contribution in [0.5, 0.6) is 5.88 Å². The molecule has 4 nitrogen and oxygen atoms in total. The van der Waals surface area contributed by atoms with Gasteiger partial charge in [0.2, 0.25) is 5.88 Å². The third-order valence-corrected chi connectivity index (χ3v) is 4.28. The minimum atomic E-state index is -0.208. The number of hydrogen-bond acceptors (Lipinski definition) is 3. The summed E-state index contributed by atoms with van der Waals surface area (Å²) in [5, 5.41) is 9.75. The monoisotopic (exact) mass is 276 g/mol. The first kappa shape index (κ1) is 12.4. The van der Waals surface area contributed by atoms with Gasteiger partial charge in [0.1, 0.15) is 0 Å². The number of aromatic nitrogens is 2. The highest BCUT2D eigenvalue weighted by atomic mass is 32.2. The topological polar surface area (TPSA) is 58.0 Å². The van der Waals surface area contributed by atoms with Crippen molar-refractivity contribution in [2.75, 3.05) is 0 Å². The number of hydrogen-bond donors (Lipinski definition) is 2. The maximum Gasteiger partial charge on any atom is 0.329 e. The van der Waals surface area contributed by atoms with Crippen molar-refractivity contribution in [1.82, 2.24) is 9.55 Å². The summed E-state index contributed by atoms with van der Waals surface area (Å²) in [6.45, 7) is 0. The first-order valence-electron chi connectivity index (χ1n) is 6.39. The molecular weight excluding hydrogens is 260 g/mol. The average molecular weight is 276 g/mol. The van der Waals surface area contributed by atoms with E-state index in [2.05, 4.69) is 17.1 Å². The molecule has 100 valence electrons. The highest BCUT2D eigenvalue weighted by Gasteiger charge is 2.31. The molecule has 1 aliphatic carbocycles. The van der Waals surface area contributed by atoms with Crippen LogP contribution in [0, 0.1) is 0 Å². The van der Waals surface area contributed by atoms with Crippen LogP contribution >= 0.6 is 11.8 Å². The predicted octanol–water partition coefficient (Wildman–Crippen LogP) is 2.65. The molecular formula is C14H16N2O2S. The molecule has 0 bridgehead atoms. The first-order valence-corrected chi connectivity index (χ1v) is 7.54.